The fourth-order valence-electron chi connectivity index (χ4n) is 4.20. The van der Waals surface area contributed by atoms with Crippen LogP contribution >= 0.6 is 0 Å². The van der Waals surface area contributed by atoms with Gasteiger partial charge in [-0.1, -0.05) is 42.5 Å². The molecule has 1 saturated heterocycles. The molecule has 0 unspecified atom stereocenters. The number of nitrogens with zero attached hydrogens (tertiary/aromatic N) is 2. The maximum absolute atomic E-state index is 13.2. The molecule has 4 nitrogen and oxygen atoms in total. The molecule has 0 atom stereocenters. The van der Waals surface area contributed by atoms with Gasteiger partial charge in [-0.2, -0.15) is 0 Å². The Morgan fingerprint density at radius 1 is 0.929 bits per heavy atom. The first-order valence-corrected chi connectivity index (χ1v) is 10.1. The number of rotatable bonds is 3. The zero-order valence-corrected chi connectivity index (χ0v) is 17.0. The van der Waals surface area contributed by atoms with E-state index >= 15 is 0 Å². The highest BCUT2D eigenvalue weighted by Crippen LogP contribution is 2.31. The number of carbonyl (C=O) groups excluding carboxylic acids is 1. The number of hydrogen-bond donors (Lipinski definition) is 0. The molecule has 0 saturated carbocycles. The van der Waals surface area contributed by atoms with Crippen molar-refractivity contribution in [3.8, 4) is 0 Å². The Hall–Kier alpha value is -2.59. The SMILES string of the molecule is Cc1ccc(C)c2c(C)c(C(=O)N3CCCN(Cc4ccccc4)CC3)oc12. The van der Waals surface area contributed by atoms with Crippen LogP contribution in [0.1, 0.15) is 39.2 Å². The standard InChI is InChI=1S/C24H28N2O2/c1-17-10-11-18(2)22-21(17)19(3)23(28-22)24(27)26-13-7-12-25(14-15-26)16-20-8-5-4-6-9-20/h4-6,8-11H,7,12-16H2,1-3H3. The number of furan rings is 1. The highest BCUT2D eigenvalue weighted by atomic mass is 16.3. The molecule has 3 aromatic rings. The Labute approximate surface area is 166 Å². The van der Waals surface area contributed by atoms with Gasteiger partial charge in [0, 0.05) is 43.7 Å². The average molecular weight is 377 g/mol. The predicted molar refractivity (Wildman–Crippen MR) is 113 cm³/mol. The van der Waals surface area contributed by atoms with E-state index in [0.717, 1.165) is 66.8 Å². The molecule has 1 amide bonds. The van der Waals surface area contributed by atoms with Crippen molar-refractivity contribution in [1.29, 1.82) is 0 Å². The number of hydrogen-bond acceptors (Lipinski definition) is 3. The van der Waals surface area contributed by atoms with Gasteiger partial charge in [0.2, 0.25) is 0 Å². The van der Waals surface area contributed by atoms with Crippen molar-refractivity contribution < 1.29 is 9.21 Å². The number of aryl methyl sites for hydroxylation is 3. The van der Waals surface area contributed by atoms with Crippen molar-refractivity contribution in [2.24, 2.45) is 0 Å². The first-order chi connectivity index (χ1) is 13.5. The van der Waals surface area contributed by atoms with Gasteiger partial charge in [0.1, 0.15) is 5.58 Å². The van der Waals surface area contributed by atoms with E-state index in [0.29, 0.717) is 5.76 Å². The van der Waals surface area contributed by atoms with Crippen molar-refractivity contribution in [3.05, 3.63) is 70.5 Å². The summed E-state index contributed by atoms with van der Waals surface area (Å²) in [4.78, 5) is 17.6. The van der Waals surface area contributed by atoms with Crippen LogP contribution in [0.3, 0.4) is 0 Å². The molecule has 4 heteroatoms. The van der Waals surface area contributed by atoms with E-state index in [1.54, 1.807) is 0 Å². The lowest BCUT2D eigenvalue weighted by Crippen LogP contribution is -2.35. The number of fused-ring (bicyclic) bond motifs is 1. The van der Waals surface area contributed by atoms with Gasteiger partial charge in [0.15, 0.2) is 5.76 Å². The smallest absolute Gasteiger partial charge is 0.289 e. The molecule has 1 fully saturated rings. The summed E-state index contributed by atoms with van der Waals surface area (Å²) in [5.41, 5.74) is 5.37. The highest BCUT2D eigenvalue weighted by molar-refractivity contribution is 6.00. The van der Waals surface area contributed by atoms with Gasteiger partial charge in [-0.15, -0.1) is 0 Å². The molecule has 1 aliphatic rings. The van der Waals surface area contributed by atoms with Gasteiger partial charge >= 0.3 is 0 Å². The largest absolute Gasteiger partial charge is 0.450 e. The van der Waals surface area contributed by atoms with Gasteiger partial charge in [-0.25, -0.2) is 0 Å². The van der Waals surface area contributed by atoms with Crippen LogP contribution in [0.15, 0.2) is 46.9 Å². The number of benzene rings is 2. The second-order valence-corrected chi connectivity index (χ2v) is 7.87. The van der Waals surface area contributed by atoms with E-state index in [1.807, 2.05) is 24.8 Å². The summed E-state index contributed by atoms with van der Waals surface area (Å²) in [6, 6.07) is 14.7. The van der Waals surface area contributed by atoms with Crippen LogP contribution in [0.5, 0.6) is 0 Å². The van der Waals surface area contributed by atoms with Crippen LogP contribution in [0.25, 0.3) is 11.0 Å². The maximum Gasteiger partial charge on any atom is 0.289 e. The summed E-state index contributed by atoms with van der Waals surface area (Å²) in [6.45, 7) is 10.5. The van der Waals surface area contributed by atoms with Gasteiger partial charge < -0.3 is 9.32 Å². The molecule has 0 spiro atoms. The molecule has 146 valence electrons. The van der Waals surface area contributed by atoms with Crippen LogP contribution in [-0.4, -0.2) is 41.9 Å². The quantitative estimate of drug-likeness (QED) is 0.664. The molecule has 2 heterocycles. The monoisotopic (exact) mass is 376 g/mol. The minimum absolute atomic E-state index is 0.0223. The predicted octanol–water partition coefficient (Wildman–Crippen LogP) is 4.71. The third-order valence-electron chi connectivity index (χ3n) is 5.80. The Morgan fingerprint density at radius 2 is 1.68 bits per heavy atom. The molecular formula is C24H28N2O2. The van der Waals surface area contributed by atoms with E-state index in [-0.39, 0.29) is 5.91 Å². The Morgan fingerprint density at radius 3 is 2.43 bits per heavy atom. The second-order valence-electron chi connectivity index (χ2n) is 7.87. The molecule has 4 rings (SSSR count). The summed E-state index contributed by atoms with van der Waals surface area (Å²) in [6.07, 6.45) is 0.982. The molecule has 1 aliphatic heterocycles. The van der Waals surface area contributed by atoms with E-state index in [1.165, 1.54) is 5.56 Å². The summed E-state index contributed by atoms with van der Waals surface area (Å²) < 4.78 is 6.08. The molecular weight excluding hydrogens is 348 g/mol. The summed E-state index contributed by atoms with van der Waals surface area (Å²) in [5, 5.41) is 1.09. The minimum atomic E-state index is 0.0223. The normalized spacial score (nSPS) is 15.8. The van der Waals surface area contributed by atoms with Crippen molar-refractivity contribution in [2.75, 3.05) is 26.2 Å². The highest BCUT2D eigenvalue weighted by Gasteiger charge is 2.26. The molecule has 0 radical (unpaired) electrons. The van der Waals surface area contributed by atoms with Gasteiger partial charge in [0.05, 0.1) is 0 Å². The maximum atomic E-state index is 13.2. The molecule has 0 bridgehead atoms. The van der Waals surface area contributed by atoms with E-state index in [9.17, 15) is 4.79 Å². The first kappa shape index (κ1) is 18.8. The first-order valence-electron chi connectivity index (χ1n) is 10.1. The van der Waals surface area contributed by atoms with Crippen LogP contribution in [0, 0.1) is 20.8 Å². The van der Waals surface area contributed by atoms with Crippen LogP contribution in [0.4, 0.5) is 0 Å². The van der Waals surface area contributed by atoms with E-state index in [2.05, 4.69) is 48.2 Å². The molecule has 0 N–H and O–H groups in total. The Kier molecular flexibility index (Phi) is 5.23. The van der Waals surface area contributed by atoms with Crippen molar-refractivity contribution in [3.63, 3.8) is 0 Å². The summed E-state index contributed by atoms with van der Waals surface area (Å²) in [5.74, 6) is 0.526. The van der Waals surface area contributed by atoms with E-state index in [4.69, 9.17) is 4.42 Å². The summed E-state index contributed by atoms with van der Waals surface area (Å²) >= 11 is 0. The van der Waals surface area contributed by atoms with Gasteiger partial charge in [-0.3, -0.25) is 9.69 Å². The van der Waals surface area contributed by atoms with Crippen LogP contribution in [0.2, 0.25) is 0 Å². The van der Waals surface area contributed by atoms with Crippen LogP contribution in [-0.2, 0) is 6.54 Å². The van der Waals surface area contributed by atoms with Crippen LogP contribution < -0.4 is 0 Å². The molecule has 28 heavy (non-hydrogen) atoms. The van der Waals surface area contributed by atoms with Crippen molar-refractivity contribution >= 4 is 16.9 Å². The average Bonchev–Trinajstić information content (AvgIpc) is 2.89. The zero-order valence-electron chi connectivity index (χ0n) is 17.0. The Bertz CT molecular complexity index is 991. The number of carbonyl (C=O) groups is 1. The lowest BCUT2D eigenvalue weighted by Gasteiger charge is -2.21. The third-order valence-corrected chi connectivity index (χ3v) is 5.80. The fourth-order valence-corrected chi connectivity index (χ4v) is 4.20. The summed E-state index contributed by atoms with van der Waals surface area (Å²) in [7, 11) is 0. The minimum Gasteiger partial charge on any atom is -0.450 e. The molecule has 0 aliphatic carbocycles. The fraction of sp³-hybridized carbons (Fsp3) is 0.375. The third kappa shape index (κ3) is 3.57. The lowest BCUT2D eigenvalue weighted by atomic mass is 10.0. The van der Waals surface area contributed by atoms with E-state index < -0.39 is 0 Å². The molecule has 1 aromatic heterocycles. The van der Waals surface area contributed by atoms with Gasteiger partial charge in [-0.05, 0) is 43.9 Å². The zero-order chi connectivity index (χ0) is 19.7. The number of amides is 1. The molecule has 2 aromatic carbocycles. The van der Waals surface area contributed by atoms with Crippen molar-refractivity contribution in [2.45, 2.75) is 33.7 Å². The second kappa shape index (κ2) is 7.80. The van der Waals surface area contributed by atoms with Gasteiger partial charge in [0.25, 0.3) is 5.91 Å². The van der Waals surface area contributed by atoms with Crippen molar-refractivity contribution in [1.82, 2.24) is 9.80 Å². The Balaban J connectivity index is 1.51. The topological polar surface area (TPSA) is 36.7 Å². The lowest BCUT2D eigenvalue weighted by molar-refractivity contribution is 0.0730.